The van der Waals surface area contributed by atoms with Gasteiger partial charge in [-0.3, -0.25) is 14.4 Å². The van der Waals surface area contributed by atoms with E-state index in [2.05, 4.69) is 32.9 Å². The van der Waals surface area contributed by atoms with E-state index >= 15 is 0 Å². The molecule has 0 saturated heterocycles. The number of hydrogen-bond acceptors (Lipinski definition) is 6. The Morgan fingerprint density at radius 2 is 0.423 bits per heavy atom. The summed E-state index contributed by atoms with van der Waals surface area (Å²) in [4.78, 5) is 38.4. The second-order valence-electron chi connectivity index (χ2n) is 24.5. The molecule has 78 heavy (non-hydrogen) atoms. The van der Waals surface area contributed by atoms with Crippen molar-refractivity contribution in [3.05, 3.63) is 12.2 Å². The van der Waals surface area contributed by atoms with Gasteiger partial charge in [0, 0.05) is 19.3 Å². The maximum absolute atomic E-state index is 12.9. The summed E-state index contributed by atoms with van der Waals surface area (Å²) in [5.41, 5.74) is 0. The van der Waals surface area contributed by atoms with Gasteiger partial charge in [-0.25, -0.2) is 0 Å². The zero-order valence-corrected chi connectivity index (χ0v) is 53.2. The van der Waals surface area contributed by atoms with Crippen LogP contribution in [-0.2, 0) is 28.6 Å². The van der Waals surface area contributed by atoms with Crippen LogP contribution in [-0.4, -0.2) is 37.2 Å². The molecule has 0 aliphatic rings. The highest BCUT2D eigenvalue weighted by Crippen LogP contribution is 2.19. The first-order chi connectivity index (χ1) is 38.5. The quantitative estimate of drug-likeness (QED) is 0.0261. The van der Waals surface area contributed by atoms with Crippen molar-refractivity contribution in [2.75, 3.05) is 13.2 Å². The third-order valence-corrected chi connectivity index (χ3v) is 16.5. The van der Waals surface area contributed by atoms with E-state index in [0.717, 1.165) is 64.2 Å². The minimum absolute atomic E-state index is 0.0657. The molecule has 0 aromatic rings. The molecule has 0 bridgehead atoms. The summed E-state index contributed by atoms with van der Waals surface area (Å²) in [6.45, 7) is 6.70. The standard InChI is InChI=1S/C72H138O6/c1-4-7-10-13-16-19-22-25-27-29-31-33-35-36-38-39-41-43-45-47-50-53-56-59-62-65-71(74)77-68-69(67-76-70(73)64-61-58-55-52-49-24-21-18-15-12-9-6-3)78-72(75)66-63-60-57-54-51-48-46-44-42-40-37-34-32-30-28-26-23-20-17-14-11-8-5-2/h18,21,69H,4-17,19-20,22-68H2,1-3H3/b21-18-. The van der Waals surface area contributed by atoms with E-state index in [1.165, 1.54) is 308 Å². The predicted octanol–water partition coefficient (Wildman–Crippen LogP) is 24.4. The van der Waals surface area contributed by atoms with Gasteiger partial charge in [0.25, 0.3) is 0 Å². The number of carbonyl (C=O) groups excluding carboxylic acids is 3. The lowest BCUT2D eigenvalue weighted by Gasteiger charge is -2.18. The molecule has 0 amide bonds. The van der Waals surface area contributed by atoms with Crippen LogP contribution >= 0.6 is 0 Å². The van der Waals surface area contributed by atoms with Gasteiger partial charge < -0.3 is 14.2 Å². The van der Waals surface area contributed by atoms with Crippen molar-refractivity contribution in [3.8, 4) is 0 Å². The molecule has 0 saturated carbocycles. The molecule has 0 aliphatic heterocycles. The van der Waals surface area contributed by atoms with Crippen LogP contribution in [0.4, 0.5) is 0 Å². The Hall–Kier alpha value is -1.85. The molecule has 6 heteroatoms. The highest BCUT2D eigenvalue weighted by atomic mass is 16.6. The predicted molar refractivity (Wildman–Crippen MR) is 340 cm³/mol. The smallest absolute Gasteiger partial charge is 0.306 e. The Morgan fingerprint density at radius 1 is 0.244 bits per heavy atom. The molecular weight excluding hydrogens is 961 g/mol. The molecule has 1 unspecified atom stereocenters. The van der Waals surface area contributed by atoms with Crippen LogP contribution < -0.4 is 0 Å². The van der Waals surface area contributed by atoms with E-state index in [9.17, 15) is 14.4 Å². The third-order valence-electron chi connectivity index (χ3n) is 16.5. The summed E-state index contributed by atoms with van der Waals surface area (Å²) < 4.78 is 17.0. The van der Waals surface area contributed by atoms with Gasteiger partial charge in [0.05, 0.1) is 0 Å². The van der Waals surface area contributed by atoms with Crippen molar-refractivity contribution >= 4 is 17.9 Å². The minimum Gasteiger partial charge on any atom is -0.462 e. The van der Waals surface area contributed by atoms with Crippen molar-refractivity contribution in [2.45, 2.75) is 419 Å². The fourth-order valence-corrected chi connectivity index (χ4v) is 11.2. The maximum atomic E-state index is 12.9. The number of ether oxygens (including phenoxy) is 3. The molecule has 0 aliphatic carbocycles. The molecule has 0 N–H and O–H groups in total. The average molecular weight is 1100 g/mol. The molecule has 462 valence electrons. The van der Waals surface area contributed by atoms with Gasteiger partial charge in [0.2, 0.25) is 0 Å². The van der Waals surface area contributed by atoms with Crippen molar-refractivity contribution in [1.29, 1.82) is 0 Å². The summed E-state index contributed by atoms with van der Waals surface area (Å²) in [7, 11) is 0. The molecule has 0 aromatic carbocycles. The van der Waals surface area contributed by atoms with E-state index in [1.807, 2.05) is 0 Å². The Kier molecular flexibility index (Phi) is 66.0. The van der Waals surface area contributed by atoms with Gasteiger partial charge in [-0.1, -0.05) is 360 Å². The van der Waals surface area contributed by atoms with E-state index < -0.39 is 6.10 Å². The lowest BCUT2D eigenvalue weighted by molar-refractivity contribution is -0.167. The van der Waals surface area contributed by atoms with Crippen LogP contribution in [0, 0.1) is 0 Å². The minimum atomic E-state index is -0.769. The summed E-state index contributed by atoms with van der Waals surface area (Å²) in [5, 5.41) is 0. The normalized spacial score (nSPS) is 12.0. The van der Waals surface area contributed by atoms with Crippen LogP contribution in [0.5, 0.6) is 0 Å². The zero-order chi connectivity index (χ0) is 56.4. The lowest BCUT2D eigenvalue weighted by atomic mass is 10.0. The van der Waals surface area contributed by atoms with Crippen molar-refractivity contribution in [3.63, 3.8) is 0 Å². The van der Waals surface area contributed by atoms with Crippen LogP contribution in [0.2, 0.25) is 0 Å². The molecule has 0 spiro atoms. The van der Waals surface area contributed by atoms with Crippen molar-refractivity contribution < 1.29 is 28.6 Å². The van der Waals surface area contributed by atoms with Crippen LogP contribution in [0.3, 0.4) is 0 Å². The van der Waals surface area contributed by atoms with Gasteiger partial charge in [-0.2, -0.15) is 0 Å². The first kappa shape index (κ1) is 76.1. The Bertz CT molecular complexity index is 1210. The third kappa shape index (κ3) is 65.0. The van der Waals surface area contributed by atoms with Crippen LogP contribution in [0.15, 0.2) is 12.2 Å². The second-order valence-corrected chi connectivity index (χ2v) is 24.5. The number of unbranched alkanes of at least 4 members (excludes halogenated alkanes) is 54. The monoisotopic (exact) mass is 1100 g/mol. The summed E-state index contributed by atoms with van der Waals surface area (Å²) in [6, 6.07) is 0. The van der Waals surface area contributed by atoms with Crippen LogP contribution in [0.1, 0.15) is 412 Å². The molecule has 6 nitrogen and oxygen atoms in total. The molecular formula is C72H138O6. The lowest BCUT2D eigenvalue weighted by Crippen LogP contribution is -2.30. The fourth-order valence-electron chi connectivity index (χ4n) is 11.2. The van der Waals surface area contributed by atoms with Gasteiger partial charge in [0.15, 0.2) is 6.10 Å². The molecule has 1 atom stereocenters. The number of esters is 3. The second kappa shape index (κ2) is 67.7. The van der Waals surface area contributed by atoms with Crippen LogP contribution in [0.25, 0.3) is 0 Å². The number of hydrogen-bond donors (Lipinski definition) is 0. The largest absolute Gasteiger partial charge is 0.462 e. The summed E-state index contributed by atoms with van der Waals surface area (Å²) in [5.74, 6) is -0.840. The average Bonchev–Trinajstić information content (AvgIpc) is 3.44. The maximum Gasteiger partial charge on any atom is 0.306 e. The Labute approximate surface area is 488 Å². The number of allylic oxidation sites excluding steroid dienone is 2. The first-order valence-corrected chi connectivity index (χ1v) is 35.7. The highest BCUT2D eigenvalue weighted by molar-refractivity contribution is 5.71. The van der Waals surface area contributed by atoms with Crippen molar-refractivity contribution in [2.24, 2.45) is 0 Å². The number of carbonyl (C=O) groups is 3. The summed E-state index contributed by atoms with van der Waals surface area (Å²) in [6.07, 6.45) is 81.1. The fraction of sp³-hybridized carbons (Fsp3) is 0.931. The van der Waals surface area contributed by atoms with E-state index in [1.54, 1.807) is 0 Å². The first-order valence-electron chi connectivity index (χ1n) is 35.7. The summed E-state index contributed by atoms with van der Waals surface area (Å²) >= 11 is 0. The van der Waals surface area contributed by atoms with Gasteiger partial charge in [-0.15, -0.1) is 0 Å². The Morgan fingerprint density at radius 3 is 0.667 bits per heavy atom. The van der Waals surface area contributed by atoms with Gasteiger partial charge in [-0.05, 0) is 44.9 Å². The molecule has 0 aromatic heterocycles. The van der Waals surface area contributed by atoms with E-state index in [0.29, 0.717) is 19.3 Å². The SMILES string of the molecule is CCCCC/C=C\CCCCCCCC(=O)OCC(COC(=O)CCCCCCCCCCCCCCCCCCCCCCCCCCC)OC(=O)CCCCCCCCCCCCCCCCCCCCCCCCC. The zero-order valence-electron chi connectivity index (χ0n) is 53.2. The van der Waals surface area contributed by atoms with Gasteiger partial charge >= 0.3 is 17.9 Å². The van der Waals surface area contributed by atoms with E-state index in [4.69, 9.17) is 14.2 Å². The highest BCUT2D eigenvalue weighted by Gasteiger charge is 2.19. The van der Waals surface area contributed by atoms with Crippen molar-refractivity contribution in [1.82, 2.24) is 0 Å². The molecule has 0 fully saturated rings. The number of rotatable bonds is 67. The van der Waals surface area contributed by atoms with E-state index in [-0.39, 0.29) is 31.1 Å². The molecule has 0 radical (unpaired) electrons. The Balaban J connectivity index is 4.17. The molecule has 0 heterocycles. The molecule has 0 rings (SSSR count). The van der Waals surface area contributed by atoms with Gasteiger partial charge in [0.1, 0.15) is 13.2 Å². The topological polar surface area (TPSA) is 78.9 Å².